The highest BCUT2D eigenvalue weighted by molar-refractivity contribution is 7.09. The number of nitrogens with zero attached hydrogens (tertiary/aromatic N) is 3. The molecule has 1 saturated carbocycles. The van der Waals surface area contributed by atoms with Crippen LogP contribution in [-0.4, -0.2) is 28.7 Å². The van der Waals surface area contributed by atoms with Crippen LogP contribution in [-0.2, 0) is 6.54 Å². The molecule has 1 aliphatic rings. The van der Waals surface area contributed by atoms with E-state index in [1.807, 2.05) is 0 Å². The molecule has 0 saturated heterocycles. The van der Waals surface area contributed by atoms with Gasteiger partial charge in [-0.2, -0.15) is 0 Å². The number of hydrogen-bond donors (Lipinski definition) is 0. The first kappa shape index (κ1) is 10.1. The minimum Gasteiger partial charge on any atom is -0.299 e. The summed E-state index contributed by atoms with van der Waals surface area (Å²) in [4.78, 5) is 2.37. The second-order valence-corrected chi connectivity index (χ2v) is 5.10. The zero-order chi connectivity index (χ0) is 9.80. The maximum absolute atomic E-state index is 4.06. The lowest BCUT2D eigenvalue weighted by molar-refractivity contribution is 0.270. The first-order chi connectivity index (χ1) is 6.84. The van der Waals surface area contributed by atoms with Crippen LogP contribution in [0.15, 0.2) is 5.51 Å². The molecule has 0 amide bonds. The van der Waals surface area contributed by atoms with Gasteiger partial charge >= 0.3 is 0 Å². The molecule has 0 radical (unpaired) electrons. The summed E-state index contributed by atoms with van der Waals surface area (Å²) in [6, 6.07) is 0. The van der Waals surface area contributed by atoms with E-state index in [0.717, 1.165) is 17.5 Å². The average molecular weight is 211 g/mol. The molecule has 1 aliphatic carbocycles. The number of aromatic nitrogens is 2. The Morgan fingerprint density at radius 1 is 1.50 bits per heavy atom. The van der Waals surface area contributed by atoms with Gasteiger partial charge in [0.25, 0.3) is 0 Å². The van der Waals surface area contributed by atoms with Crippen LogP contribution in [0.25, 0.3) is 0 Å². The van der Waals surface area contributed by atoms with Crippen molar-refractivity contribution in [2.45, 2.75) is 32.2 Å². The fraction of sp³-hybridized carbons (Fsp3) is 0.800. The van der Waals surface area contributed by atoms with Crippen LogP contribution in [0.2, 0.25) is 0 Å². The van der Waals surface area contributed by atoms with Crippen molar-refractivity contribution in [1.29, 1.82) is 0 Å². The largest absolute Gasteiger partial charge is 0.299 e. The highest BCUT2D eigenvalue weighted by Crippen LogP contribution is 2.25. The third-order valence-corrected chi connectivity index (χ3v) is 3.54. The molecule has 2 rings (SSSR count). The minimum absolute atomic E-state index is 0.924. The van der Waals surface area contributed by atoms with Crippen molar-refractivity contribution in [1.82, 2.24) is 15.1 Å². The predicted octanol–water partition coefficient (Wildman–Crippen LogP) is 2.16. The van der Waals surface area contributed by atoms with Crippen LogP contribution in [0.4, 0.5) is 0 Å². The highest BCUT2D eigenvalue weighted by Gasteiger charge is 2.17. The summed E-state index contributed by atoms with van der Waals surface area (Å²) in [5, 5.41) is 9.04. The molecule has 0 bridgehead atoms. The molecule has 1 heterocycles. The third kappa shape index (κ3) is 2.75. The lowest BCUT2D eigenvalue weighted by Crippen LogP contribution is -2.23. The van der Waals surface area contributed by atoms with Crippen molar-refractivity contribution < 1.29 is 0 Å². The summed E-state index contributed by atoms with van der Waals surface area (Å²) in [6.45, 7) is 2.18. The molecule has 0 aliphatic heterocycles. The summed E-state index contributed by atoms with van der Waals surface area (Å²) in [5.41, 5.74) is 1.80. The molecule has 1 fully saturated rings. The Bertz CT molecular complexity index is 254. The van der Waals surface area contributed by atoms with E-state index in [1.165, 1.54) is 32.2 Å². The number of rotatable bonds is 4. The van der Waals surface area contributed by atoms with E-state index >= 15 is 0 Å². The van der Waals surface area contributed by atoms with Gasteiger partial charge in [-0.3, -0.25) is 4.90 Å². The molecule has 1 aromatic rings. The van der Waals surface area contributed by atoms with Gasteiger partial charge in [0.15, 0.2) is 0 Å². The Morgan fingerprint density at radius 2 is 2.29 bits per heavy atom. The highest BCUT2D eigenvalue weighted by atomic mass is 32.1. The van der Waals surface area contributed by atoms with Crippen LogP contribution in [0.1, 0.15) is 30.7 Å². The molecule has 1 aromatic heterocycles. The zero-order valence-electron chi connectivity index (χ0n) is 8.65. The summed E-state index contributed by atoms with van der Waals surface area (Å²) in [5.74, 6) is 0.924. The van der Waals surface area contributed by atoms with Crippen molar-refractivity contribution >= 4 is 11.3 Å². The van der Waals surface area contributed by atoms with E-state index in [2.05, 4.69) is 22.1 Å². The molecular weight excluding hydrogens is 194 g/mol. The molecule has 0 spiro atoms. The molecule has 0 aromatic carbocycles. The maximum atomic E-state index is 4.06. The summed E-state index contributed by atoms with van der Waals surface area (Å²) in [7, 11) is 2.18. The first-order valence-corrected chi connectivity index (χ1v) is 6.16. The molecule has 0 N–H and O–H groups in total. The normalized spacial score (nSPS) is 18.1. The zero-order valence-corrected chi connectivity index (χ0v) is 9.46. The third-order valence-electron chi connectivity index (χ3n) is 2.85. The van der Waals surface area contributed by atoms with Crippen LogP contribution in [0.3, 0.4) is 0 Å². The first-order valence-electron chi connectivity index (χ1n) is 5.28. The summed E-state index contributed by atoms with van der Waals surface area (Å²) >= 11 is 1.65. The van der Waals surface area contributed by atoms with Crippen LogP contribution in [0, 0.1) is 5.92 Å². The Kier molecular flexibility index (Phi) is 3.48. The second kappa shape index (κ2) is 4.84. The van der Waals surface area contributed by atoms with Gasteiger partial charge in [0.2, 0.25) is 0 Å². The van der Waals surface area contributed by atoms with Crippen molar-refractivity contribution in [2.24, 2.45) is 5.92 Å². The minimum atomic E-state index is 0.924. The Morgan fingerprint density at radius 3 is 2.93 bits per heavy atom. The van der Waals surface area contributed by atoms with E-state index < -0.39 is 0 Å². The maximum Gasteiger partial charge on any atom is 0.131 e. The quantitative estimate of drug-likeness (QED) is 0.764. The van der Waals surface area contributed by atoms with E-state index in [4.69, 9.17) is 0 Å². The molecule has 14 heavy (non-hydrogen) atoms. The van der Waals surface area contributed by atoms with E-state index in [0.29, 0.717) is 0 Å². The fourth-order valence-electron chi connectivity index (χ4n) is 2.19. The van der Waals surface area contributed by atoms with Crippen molar-refractivity contribution in [3.8, 4) is 0 Å². The van der Waals surface area contributed by atoms with Gasteiger partial charge in [0.1, 0.15) is 10.5 Å². The van der Waals surface area contributed by atoms with Crippen molar-refractivity contribution in [2.75, 3.05) is 13.6 Å². The predicted molar refractivity (Wildman–Crippen MR) is 58.2 cm³/mol. The Labute approximate surface area is 89.2 Å². The Balaban J connectivity index is 1.75. The van der Waals surface area contributed by atoms with Crippen LogP contribution >= 0.6 is 11.3 Å². The lowest BCUT2D eigenvalue weighted by Gasteiger charge is -2.18. The molecule has 3 nitrogen and oxygen atoms in total. The SMILES string of the molecule is CN(Cc1nncs1)CC1CCCC1. The van der Waals surface area contributed by atoms with E-state index in [-0.39, 0.29) is 0 Å². The van der Waals surface area contributed by atoms with Gasteiger partial charge in [-0.1, -0.05) is 12.8 Å². The van der Waals surface area contributed by atoms with Gasteiger partial charge in [-0.15, -0.1) is 21.5 Å². The molecule has 0 atom stereocenters. The van der Waals surface area contributed by atoms with E-state index in [1.54, 1.807) is 16.8 Å². The van der Waals surface area contributed by atoms with Crippen LogP contribution in [0.5, 0.6) is 0 Å². The number of hydrogen-bond acceptors (Lipinski definition) is 4. The molecule has 78 valence electrons. The van der Waals surface area contributed by atoms with Gasteiger partial charge < -0.3 is 0 Å². The van der Waals surface area contributed by atoms with Gasteiger partial charge in [0, 0.05) is 6.54 Å². The van der Waals surface area contributed by atoms with Crippen molar-refractivity contribution in [3.05, 3.63) is 10.5 Å². The van der Waals surface area contributed by atoms with Gasteiger partial charge in [-0.25, -0.2) is 0 Å². The summed E-state index contributed by atoms with van der Waals surface area (Å²) in [6.07, 6.45) is 5.69. The monoisotopic (exact) mass is 211 g/mol. The second-order valence-electron chi connectivity index (χ2n) is 4.18. The van der Waals surface area contributed by atoms with Crippen LogP contribution < -0.4 is 0 Å². The topological polar surface area (TPSA) is 29.0 Å². The molecular formula is C10H17N3S. The fourth-order valence-corrected chi connectivity index (χ4v) is 2.80. The van der Waals surface area contributed by atoms with Gasteiger partial charge in [-0.05, 0) is 25.8 Å². The smallest absolute Gasteiger partial charge is 0.131 e. The lowest BCUT2D eigenvalue weighted by atomic mass is 10.1. The molecule has 4 heteroatoms. The van der Waals surface area contributed by atoms with E-state index in [9.17, 15) is 0 Å². The summed E-state index contributed by atoms with van der Waals surface area (Å²) < 4.78 is 0. The molecule has 0 unspecified atom stereocenters. The Hall–Kier alpha value is -0.480. The standard InChI is InChI=1S/C10H17N3S/c1-13(6-9-4-2-3-5-9)7-10-12-11-8-14-10/h8-9H,2-7H2,1H3. The average Bonchev–Trinajstić information content (AvgIpc) is 2.76. The van der Waals surface area contributed by atoms with Gasteiger partial charge in [0.05, 0.1) is 6.54 Å². The van der Waals surface area contributed by atoms with Crippen molar-refractivity contribution in [3.63, 3.8) is 0 Å².